The maximum atomic E-state index is 13.8. The highest BCUT2D eigenvalue weighted by atomic mass is 19.3. The molecule has 1 saturated heterocycles. The number of benzene rings is 1. The van der Waals surface area contributed by atoms with Crippen molar-refractivity contribution >= 4 is 5.91 Å². The lowest BCUT2D eigenvalue weighted by atomic mass is 10.1. The fourth-order valence-electron chi connectivity index (χ4n) is 2.93. The second-order valence-electron chi connectivity index (χ2n) is 6.10. The highest BCUT2D eigenvalue weighted by molar-refractivity contribution is 5.77. The van der Waals surface area contributed by atoms with E-state index in [4.69, 9.17) is 9.15 Å². The van der Waals surface area contributed by atoms with Gasteiger partial charge in [-0.25, -0.2) is 8.78 Å². The molecule has 1 amide bonds. The van der Waals surface area contributed by atoms with Crippen LogP contribution >= 0.6 is 0 Å². The fraction of sp³-hybridized carbons (Fsp3) is 0.471. The van der Waals surface area contributed by atoms with E-state index in [9.17, 15) is 13.6 Å². The number of aromatic nitrogens is 2. The molecule has 25 heavy (non-hydrogen) atoms. The highest BCUT2D eigenvalue weighted by Gasteiger charge is 2.49. The first-order valence-corrected chi connectivity index (χ1v) is 7.98. The van der Waals surface area contributed by atoms with Crippen molar-refractivity contribution < 1.29 is 22.7 Å². The Morgan fingerprint density at radius 2 is 2.08 bits per heavy atom. The van der Waals surface area contributed by atoms with Crippen LogP contribution in [0.3, 0.4) is 0 Å². The van der Waals surface area contributed by atoms with Gasteiger partial charge in [0.1, 0.15) is 11.8 Å². The minimum absolute atomic E-state index is 0.0625. The van der Waals surface area contributed by atoms with Gasteiger partial charge in [0, 0.05) is 19.8 Å². The van der Waals surface area contributed by atoms with Crippen LogP contribution in [0, 0.1) is 6.92 Å². The Labute approximate surface area is 143 Å². The first kappa shape index (κ1) is 17.3. The number of rotatable bonds is 5. The Morgan fingerprint density at radius 3 is 2.68 bits per heavy atom. The third-order valence-electron chi connectivity index (χ3n) is 4.20. The summed E-state index contributed by atoms with van der Waals surface area (Å²) < 4.78 is 38.0. The van der Waals surface area contributed by atoms with Crippen molar-refractivity contribution in [2.75, 3.05) is 13.7 Å². The van der Waals surface area contributed by atoms with Crippen molar-refractivity contribution in [1.82, 2.24) is 15.1 Å². The first-order valence-electron chi connectivity index (χ1n) is 7.98. The Kier molecular flexibility index (Phi) is 4.69. The molecule has 1 aromatic carbocycles. The number of amides is 1. The average molecular weight is 351 g/mol. The molecule has 0 spiro atoms. The molecule has 1 aliphatic rings. The van der Waals surface area contributed by atoms with Crippen molar-refractivity contribution in [3.63, 3.8) is 0 Å². The van der Waals surface area contributed by atoms with Crippen molar-refractivity contribution in [2.24, 2.45) is 0 Å². The van der Waals surface area contributed by atoms with Gasteiger partial charge < -0.3 is 14.1 Å². The number of alkyl halides is 2. The topological polar surface area (TPSA) is 68.5 Å². The van der Waals surface area contributed by atoms with Crippen molar-refractivity contribution in [3.05, 3.63) is 41.6 Å². The monoisotopic (exact) mass is 351 g/mol. The molecule has 1 fully saturated rings. The Morgan fingerprint density at radius 1 is 1.36 bits per heavy atom. The van der Waals surface area contributed by atoms with Crippen LogP contribution < -0.4 is 4.74 Å². The number of carbonyl (C=O) groups excluding carboxylic acids is 1. The van der Waals surface area contributed by atoms with Crippen molar-refractivity contribution in [2.45, 2.75) is 38.2 Å². The molecule has 0 aliphatic carbocycles. The molecular weight excluding hydrogens is 332 g/mol. The smallest absolute Gasteiger partial charge is 0.267 e. The third-order valence-corrected chi connectivity index (χ3v) is 4.20. The van der Waals surface area contributed by atoms with Gasteiger partial charge in [0.25, 0.3) is 5.92 Å². The molecule has 0 N–H and O–H groups in total. The number of likely N-dealkylation sites (tertiary alicyclic amines) is 1. The van der Waals surface area contributed by atoms with Gasteiger partial charge in [-0.05, 0) is 24.1 Å². The van der Waals surface area contributed by atoms with E-state index in [2.05, 4.69) is 10.2 Å². The van der Waals surface area contributed by atoms with E-state index in [1.165, 1.54) is 0 Å². The number of carbonyl (C=O) groups is 1. The quantitative estimate of drug-likeness (QED) is 0.828. The van der Waals surface area contributed by atoms with Crippen LogP contribution in [0.15, 0.2) is 28.7 Å². The van der Waals surface area contributed by atoms with Crippen molar-refractivity contribution in [3.8, 4) is 5.75 Å². The minimum Gasteiger partial charge on any atom is -0.497 e. The molecule has 6 nitrogen and oxygen atoms in total. The number of ether oxygens (including phenoxy) is 1. The van der Waals surface area contributed by atoms with Gasteiger partial charge in [-0.15, -0.1) is 10.2 Å². The number of nitrogens with zero attached hydrogens (tertiary/aromatic N) is 3. The van der Waals surface area contributed by atoms with Gasteiger partial charge in [0.05, 0.1) is 13.7 Å². The molecule has 1 atom stereocenters. The third kappa shape index (κ3) is 3.94. The van der Waals surface area contributed by atoms with Gasteiger partial charge in [0.15, 0.2) is 0 Å². The molecule has 8 heteroatoms. The second kappa shape index (κ2) is 6.78. The molecule has 2 aromatic rings. The number of hydrogen-bond acceptors (Lipinski definition) is 5. The molecule has 2 heterocycles. The maximum Gasteiger partial charge on any atom is 0.267 e. The molecule has 134 valence electrons. The molecule has 0 unspecified atom stereocenters. The summed E-state index contributed by atoms with van der Waals surface area (Å²) in [5.74, 6) is -2.23. The summed E-state index contributed by atoms with van der Waals surface area (Å²) >= 11 is 0. The Bertz CT molecular complexity index is 746. The molecule has 0 bridgehead atoms. The lowest BCUT2D eigenvalue weighted by molar-refractivity contribution is -0.133. The summed E-state index contributed by atoms with van der Waals surface area (Å²) in [5, 5.41) is 7.48. The standard InChI is InChI=1S/C17H19F2N3O3/c1-11-20-21-16(25-11)14-9-17(18,19)10-22(14)15(23)8-5-12-3-6-13(24-2)7-4-12/h3-4,6-7,14H,5,8-10H2,1-2H3/t14-/m0/s1. The van der Waals surface area contributed by atoms with Gasteiger partial charge in [-0.1, -0.05) is 12.1 Å². The number of halogens is 2. The zero-order valence-corrected chi connectivity index (χ0v) is 14.0. The second-order valence-corrected chi connectivity index (χ2v) is 6.10. The molecule has 1 aromatic heterocycles. The number of aryl methyl sites for hydroxylation is 2. The van der Waals surface area contributed by atoms with E-state index in [0.717, 1.165) is 16.2 Å². The Balaban J connectivity index is 1.68. The predicted octanol–water partition coefficient (Wildman–Crippen LogP) is 2.93. The largest absolute Gasteiger partial charge is 0.497 e. The lowest BCUT2D eigenvalue weighted by Crippen LogP contribution is -2.33. The number of methoxy groups -OCH3 is 1. The summed E-state index contributed by atoms with van der Waals surface area (Å²) in [6.45, 7) is 0.958. The van der Waals surface area contributed by atoms with Crippen LogP contribution in [-0.4, -0.2) is 40.6 Å². The van der Waals surface area contributed by atoms with Crippen LogP contribution in [-0.2, 0) is 11.2 Å². The van der Waals surface area contributed by atoms with Crippen LogP contribution in [0.2, 0.25) is 0 Å². The lowest BCUT2D eigenvalue weighted by Gasteiger charge is -2.21. The summed E-state index contributed by atoms with van der Waals surface area (Å²) in [7, 11) is 1.57. The summed E-state index contributed by atoms with van der Waals surface area (Å²) in [5.41, 5.74) is 0.935. The van der Waals surface area contributed by atoms with Gasteiger partial charge in [-0.2, -0.15) is 0 Å². The molecule has 1 aliphatic heterocycles. The zero-order valence-electron chi connectivity index (χ0n) is 14.0. The SMILES string of the molecule is COc1ccc(CCC(=O)N2CC(F)(F)C[C@H]2c2nnc(C)o2)cc1. The first-order chi connectivity index (χ1) is 11.9. The van der Waals surface area contributed by atoms with E-state index in [1.54, 1.807) is 26.2 Å². The van der Waals surface area contributed by atoms with Gasteiger partial charge in [-0.3, -0.25) is 4.79 Å². The van der Waals surface area contributed by atoms with Crippen LogP contribution in [0.1, 0.15) is 36.2 Å². The van der Waals surface area contributed by atoms with E-state index in [-0.39, 0.29) is 24.1 Å². The molecular formula is C17H19F2N3O3. The minimum atomic E-state index is -2.96. The molecule has 3 rings (SSSR count). The van der Waals surface area contributed by atoms with E-state index in [0.29, 0.717) is 6.42 Å². The zero-order chi connectivity index (χ0) is 18.0. The van der Waals surface area contributed by atoms with Gasteiger partial charge in [0.2, 0.25) is 17.7 Å². The van der Waals surface area contributed by atoms with Gasteiger partial charge >= 0.3 is 0 Å². The highest BCUT2D eigenvalue weighted by Crippen LogP contribution is 2.40. The van der Waals surface area contributed by atoms with E-state index >= 15 is 0 Å². The van der Waals surface area contributed by atoms with Crippen LogP contribution in [0.4, 0.5) is 8.78 Å². The fourth-order valence-corrected chi connectivity index (χ4v) is 2.93. The predicted molar refractivity (Wildman–Crippen MR) is 84.4 cm³/mol. The maximum absolute atomic E-state index is 13.8. The molecule has 0 saturated carbocycles. The average Bonchev–Trinajstić information content (AvgIpc) is 3.15. The number of hydrogen-bond donors (Lipinski definition) is 0. The van der Waals surface area contributed by atoms with E-state index < -0.39 is 24.9 Å². The van der Waals surface area contributed by atoms with Crippen LogP contribution in [0.25, 0.3) is 0 Å². The normalized spacial score (nSPS) is 19.2. The summed E-state index contributed by atoms with van der Waals surface area (Å²) in [6, 6.07) is 6.42. The molecule has 0 radical (unpaired) electrons. The van der Waals surface area contributed by atoms with E-state index in [1.807, 2.05) is 12.1 Å². The Hall–Kier alpha value is -2.51. The van der Waals surface area contributed by atoms with Crippen LogP contribution in [0.5, 0.6) is 5.75 Å². The van der Waals surface area contributed by atoms with Crippen molar-refractivity contribution in [1.29, 1.82) is 0 Å². The summed E-state index contributed by atoms with van der Waals surface area (Å²) in [6.07, 6.45) is 0.0927. The summed E-state index contributed by atoms with van der Waals surface area (Å²) in [4.78, 5) is 13.6.